The van der Waals surface area contributed by atoms with Crippen molar-refractivity contribution < 1.29 is 4.79 Å². The molecule has 2 aliphatic heterocycles. The normalized spacial score (nSPS) is 33.3. The third-order valence-electron chi connectivity index (χ3n) is 3.96. The van der Waals surface area contributed by atoms with Crippen LogP contribution in [0.2, 0.25) is 0 Å². The average Bonchev–Trinajstić information content (AvgIpc) is 3.01. The smallest absolute Gasteiger partial charge is 0.220 e. The van der Waals surface area contributed by atoms with Gasteiger partial charge in [0, 0.05) is 23.8 Å². The van der Waals surface area contributed by atoms with Crippen LogP contribution < -0.4 is 10.6 Å². The predicted molar refractivity (Wildman–Crippen MR) is 70.3 cm³/mol. The van der Waals surface area contributed by atoms with Gasteiger partial charge in [0.05, 0.1) is 6.54 Å². The summed E-state index contributed by atoms with van der Waals surface area (Å²) in [4.78, 5) is 15.7. The first-order valence-electron chi connectivity index (χ1n) is 6.51. The minimum absolute atomic E-state index is 0.175. The van der Waals surface area contributed by atoms with Gasteiger partial charge >= 0.3 is 0 Å². The monoisotopic (exact) mass is 253 g/mol. The molecule has 3 rings (SSSR count). The summed E-state index contributed by atoms with van der Waals surface area (Å²) in [6.45, 7) is 0.733. The molecule has 1 amide bonds. The molecule has 2 N–H and O–H groups in total. The first-order valence-corrected chi connectivity index (χ1v) is 7.49. The summed E-state index contributed by atoms with van der Waals surface area (Å²) in [5, 5.41) is 7.65. The van der Waals surface area contributed by atoms with Gasteiger partial charge in [0.15, 0.2) is 5.17 Å². The molecule has 2 heterocycles. The lowest BCUT2D eigenvalue weighted by Gasteiger charge is -2.21. The van der Waals surface area contributed by atoms with Crippen LogP contribution in [0.25, 0.3) is 0 Å². The molecule has 1 saturated carbocycles. The van der Waals surface area contributed by atoms with E-state index in [0.29, 0.717) is 12.0 Å². The molecule has 1 spiro atoms. The van der Waals surface area contributed by atoms with E-state index < -0.39 is 0 Å². The molecule has 2 saturated heterocycles. The molecule has 0 aromatic carbocycles. The van der Waals surface area contributed by atoms with Gasteiger partial charge < -0.3 is 10.6 Å². The number of aliphatic imine (C=N–C) groups is 1. The zero-order chi connectivity index (χ0) is 11.7. The number of nitrogens with one attached hydrogen (secondary N) is 2. The molecule has 0 aromatic rings. The summed E-state index contributed by atoms with van der Waals surface area (Å²) < 4.78 is 0. The summed E-state index contributed by atoms with van der Waals surface area (Å²) in [6, 6.07) is 0.262. The van der Waals surface area contributed by atoms with Crippen LogP contribution in [0.5, 0.6) is 0 Å². The van der Waals surface area contributed by atoms with E-state index in [4.69, 9.17) is 0 Å². The molecule has 94 valence electrons. The van der Waals surface area contributed by atoms with Crippen LogP contribution in [0.3, 0.4) is 0 Å². The fourth-order valence-electron chi connectivity index (χ4n) is 2.92. The zero-order valence-corrected chi connectivity index (χ0v) is 10.8. The van der Waals surface area contributed by atoms with Crippen molar-refractivity contribution in [2.24, 2.45) is 4.99 Å². The fourth-order valence-corrected chi connectivity index (χ4v) is 4.15. The van der Waals surface area contributed by atoms with Crippen LogP contribution in [-0.4, -0.2) is 35.0 Å². The highest BCUT2D eigenvalue weighted by atomic mass is 32.2. The molecular formula is C12H19N3OS. The number of amidine groups is 1. The molecular weight excluding hydrogens is 234 g/mol. The molecule has 3 aliphatic rings. The maximum atomic E-state index is 11.1. The van der Waals surface area contributed by atoms with Crippen LogP contribution >= 0.6 is 11.8 Å². The Morgan fingerprint density at radius 3 is 2.94 bits per heavy atom. The Balaban J connectivity index is 1.53. The van der Waals surface area contributed by atoms with E-state index in [-0.39, 0.29) is 11.9 Å². The molecule has 1 aliphatic carbocycles. The van der Waals surface area contributed by atoms with Crippen molar-refractivity contribution in [2.75, 3.05) is 12.3 Å². The molecule has 0 bridgehead atoms. The highest BCUT2D eigenvalue weighted by Crippen LogP contribution is 2.37. The third kappa shape index (κ3) is 2.44. The second-order valence-electron chi connectivity index (χ2n) is 5.35. The topological polar surface area (TPSA) is 53.5 Å². The van der Waals surface area contributed by atoms with Crippen molar-refractivity contribution in [2.45, 2.75) is 50.1 Å². The molecule has 5 heteroatoms. The number of amides is 1. The molecule has 4 nitrogen and oxygen atoms in total. The number of rotatable bonds is 2. The Kier molecular flexibility index (Phi) is 3.03. The molecule has 0 radical (unpaired) electrons. The summed E-state index contributed by atoms with van der Waals surface area (Å²) >= 11 is 1.85. The van der Waals surface area contributed by atoms with Crippen LogP contribution in [0, 0.1) is 0 Å². The van der Waals surface area contributed by atoms with Crippen molar-refractivity contribution in [1.82, 2.24) is 10.6 Å². The predicted octanol–water partition coefficient (Wildman–Crippen LogP) is 1.27. The van der Waals surface area contributed by atoms with Crippen LogP contribution in [0.1, 0.15) is 38.5 Å². The van der Waals surface area contributed by atoms with Gasteiger partial charge in [-0.15, -0.1) is 0 Å². The van der Waals surface area contributed by atoms with Gasteiger partial charge in [0.1, 0.15) is 0 Å². The summed E-state index contributed by atoms with van der Waals surface area (Å²) in [7, 11) is 0. The maximum Gasteiger partial charge on any atom is 0.220 e. The van der Waals surface area contributed by atoms with E-state index in [1.54, 1.807) is 0 Å². The Hall–Kier alpha value is -0.710. The molecule has 0 aromatic heterocycles. The van der Waals surface area contributed by atoms with E-state index in [0.717, 1.165) is 18.1 Å². The zero-order valence-electron chi connectivity index (χ0n) is 10.00. The van der Waals surface area contributed by atoms with Crippen molar-refractivity contribution in [3.05, 3.63) is 0 Å². The number of hydrogen-bond donors (Lipinski definition) is 2. The SMILES string of the molecule is O=C1CCC(CN=C2NC3(CCCC3)CS2)N1. The van der Waals surface area contributed by atoms with Gasteiger partial charge in [-0.05, 0) is 19.3 Å². The van der Waals surface area contributed by atoms with Crippen molar-refractivity contribution >= 4 is 22.8 Å². The Bertz CT molecular complexity index is 350. The van der Waals surface area contributed by atoms with Crippen molar-refractivity contribution in [3.63, 3.8) is 0 Å². The first kappa shape index (κ1) is 11.4. The number of nitrogens with zero attached hydrogens (tertiary/aromatic N) is 1. The lowest BCUT2D eigenvalue weighted by Crippen LogP contribution is -2.41. The summed E-state index contributed by atoms with van der Waals surface area (Å²) in [5.74, 6) is 1.34. The summed E-state index contributed by atoms with van der Waals surface area (Å²) in [5.41, 5.74) is 0.350. The van der Waals surface area contributed by atoms with E-state index in [1.165, 1.54) is 31.4 Å². The minimum atomic E-state index is 0.175. The molecule has 17 heavy (non-hydrogen) atoms. The van der Waals surface area contributed by atoms with E-state index in [1.807, 2.05) is 11.8 Å². The maximum absolute atomic E-state index is 11.1. The lowest BCUT2D eigenvalue weighted by atomic mass is 10.0. The number of carbonyl (C=O) groups excluding carboxylic acids is 1. The van der Waals surface area contributed by atoms with E-state index in [9.17, 15) is 4.79 Å². The third-order valence-corrected chi connectivity index (χ3v) is 5.16. The molecule has 3 fully saturated rings. The lowest BCUT2D eigenvalue weighted by molar-refractivity contribution is -0.119. The quantitative estimate of drug-likeness (QED) is 0.779. The van der Waals surface area contributed by atoms with Crippen LogP contribution in [-0.2, 0) is 4.79 Å². The van der Waals surface area contributed by atoms with Gasteiger partial charge in [-0.1, -0.05) is 24.6 Å². The van der Waals surface area contributed by atoms with Gasteiger partial charge in [0.25, 0.3) is 0 Å². The second kappa shape index (κ2) is 4.52. The number of hydrogen-bond acceptors (Lipinski definition) is 3. The Morgan fingerprint density at radius 1 is 1.41 bits per heavy atom. The molecule has 1 unspecified atom stereocenters. The van der Waals surface area contributed by atoms with Crippen molar-refractivity contribution in [3.8, 4) is 0 Å². The van der Waals surface area contributed by atoms with Crippen LogP contribution in [0.4, 0.5) is 0 Å². The number of carbonyl (C=O) groups is 1. The second-order valence-corrected chi connectivity index (χ2v) is 6.31. The van der Waals surface area contributed by atoms with Gasteiger partial charge in [0.2, 0.25) is 5.91 Å². The molecule has 1 atom stereocenters. The average molecular weight is 253 g/mol. The summed E-state index contributed by atoms with van der Waals surface area (Å²) in [6.07, 6.45) is 6.88. The first-order chi connectivity index (χ1) is 8.26. The minimum Gasteiger partial charge on any atom is -0.359 e. The standard InChI is InChI=1S/C12H19N3OS/c16-10-4-3-9(14-10)7-13-11-15-12(8-17-11)5-1-2-6-12/h9H,1-8H2,(H,13,15)(H,14,16). The van der Waals surface area contributed by atoms with E-state index >= 15 is 0 Å². The number of thioether (sulfide) groups is 1. The Labute approximate surface area is 106 Å². The Morgan fingerprint density at radius 2 is 2.24 bits per heavy atom. The van der Waals surface area contributed by atoms with Crippen molar-refractivity contribution in [1.29, 1.82) is 0 Å². The fraction of sp³-hybridized carbons (Fsp3) is 0.833. The largest absolute Gasteiger partial charge is 0.359 e. The van der Waals surface area contributed by atoms with Crippen LogP contribution in [0.15, 0.2) is 4.99 Å². The van der Waals surface area contributed by atoms with E-state index in [2.05, 4.69) is 15.6 Å². The highest BCUT2D eigenvalue weighted by molar-refractivity contribution is 8.14. The highest BCUT2D eigenvalue weighted by Gasteiger charge is 2.39. The van der Waals surface area contributed by atoms with Gasteiger partial charge in [-0.3, -0.25) is 9.79 Å². The van der Waals surface area contributed by atoms with Gasteiger partial charge in [-0.25, -0.2) is 0 Å². The van der Waals surface area contributed by atoms with Gasteiger partial charge in [-0.2, -0.15) is 0 Å².